The van der Waals surface area contributed by atoms with Gasteiger partial charge in [0.25, 0.3) is 0 Å². The van der Waals surface area contributed by atoms with E-state index in [9.17, 15) is 14.4 Å². The lowest BCUT2D eigenvalue weighted by Gasteiger charge is -2.08. The molecule has 0 aliphatic rings. The summed E-state index contributed by atoms with van der Waals surface area (Å²) in [4.78, 5) is 36.2. The number of halogens is 2. The molecule has 156 valence electrons. The van der Waals surface area contributed by atoms with Gasteiger partial charge in [0.05, 0.1) is 11.8 Å². The molecule has 3 aromatic rings. The molecule has 0 spiro atoms. The van der Waals surface area contributed by atoms with Crippen molar-refractivity contribution in [1.82, 2.24) is 5.43 Å². The molecule has 0 aromatic heterocycles. The van der Waals surface area contributed by atoms with Gasteiger partial charge in [-0.05, 0) is 54.6 Å². The van der Waals surface area contributed by atoms with Gasteiger partial charge >= 0.3 is 17.8 Å². The predicted molar refractivity (Wildman–Crippen MR) is 121 cm³/mol. The Morgan fingerprint density at radius 1 is 0.935 bits per heavy atom. The first-order valence-corrected chi connectivity index (χ1v) is 10.1. The summed E-state index contributed by atoms with van der Waals surface area (Å²) in [6, 6.07) is 19.7. The van der Waals surface area contributed by atoms with Crippen LogP contribution in [0.2, 0.25) is 5.02 Å². The summed E-state index contributed by atoms with van der Waals surface area (Å²) in [5.41, 5.74) is 3.35. The van der Waals surface area contributed by atoms with Crippen LogP contribution < -0.4 is 15.5 Å². The zero-order valence-corrected chi connectivity index (χ0v) is 18.2. The fourth-order valence-corrected chi connectivity index (χ4v) is 2.88. The number of carbonyl (C=O) groups is 3. The lowest BCUT2D eigenvalue weighted by Crippen LogP contribution is -2.32. The number of rotatable bonds is 5. The van der Waals surface area contributed by atoms with Crippen LogP contribution in [0.3, 0.4) is 0 Å². The number of anilines is 1. The quantitative estimate of drug-likeness (QED) is 0.178. The molecule has 0 heterocycles. The highest BCUT2D eigenvalue weighted by Crippen LogP contribution is 2.23. The lowest BCUT2D eigenvalue weighted by molar-refractivity contribution is -0.136. The van der Waals surface area contributed by atoms with Crippen molar-refractivity contribution in [3.63, 3.8) is 0 Å². The van der Waals surface area contributed by atoms with Crippen molar-refractivity contribution in [2.24, 2.45) is 5.10 Å². The second kappa shape index (κ2) is 10.5. The number of amides is 2. The Balaban J connectivity index is 1.65. The molecule has 0 saturated carbocycles. The van der Waals surface area contributed by atoms with Gasteiger partial charge in [-0.2, -0.15) is 5.10 Å². The molecule has 0 bridgehead atoms. The van der Waals surface area contributed by atoms with E-state index in [1.807, 2.05) is 0 Å². The molecule has 0 fully saturated rings. The Hall–Kier alpha value is -3.49. The van der Waals surface area contributed by atoms with E-state index in [0.717, 1.165) is 0 Å². The van der Waals surface area contributed by atoms with Gasteiger partial charge in [0, 0.05) is 20.7 Å². The SMILES string of the molecule is O=C(N/N=C\c1cc(Br)ccc1OC(=O)c1ccccc1)C(=O)Nc1ccc(Cl)cc1. The number of benzene rings is 3. The lowest BCUT2D eigenvalue weighted by atomic mass is 10.2. The number of hydrazone groups is 1. The normalized spacial score (nSPS) is 10.5. The molecule has 7 nitrogen and oxygen atoms in total. The number of esters is 1. The standard InChI is InChI=1S/C22H15BrClN3O4/c23-16-6-11-19(31-22(30)14-4-2-1-3-5-14)15(12-16)13-25-27-21(29)20(28)26-18-9-7-17(24)8-10-18/h1-13H,(H,26,28)(H,27,29)/b25-13-. The van der Waals surface area contributed by atoms with Gasteiger partial charge in [0.1, 0.15) is 5.75 Å². The van der Waals surface area contributed by atoms with Crippen molar-refractivity contribution in [2.75, 3.05) is 5.32 Å². The smallest absolute Gasteiger partial charge is 0.343 e. The third-order valence-electron chi connectivity index (χ3n) is 3.86. The minimum atomic E-state index is -0.968. The maximum absolute atomic E-state index is 12.3. The monoisotopic (exact) mass is 499 g/mol. The molecule has 0 aliphatic heterocycles. The second-order valence-electron chi connectivity index (χ2n) is 6.10. The minimum absolute atomic E-state index is 0.237. The molecular weight excluding hydrogens is 486 g/mol. The first-order chi connectivity index (χ1) is 14.9. The highest BCUT2D eigenvalue weighted by Gasteiger charge is 2.14. The van der Waals surface area contributed by atoms with Crippen LogP contribution in [0, 0.1) is 0 Å². The highest BCUT2D eigenvalue weighted by atomic mass is 79.9. The molecule has 2 N–H and O–H groups in total. The number of ether oxygens (including phenoxy) is 1. The number of nitrogens with zero attached hydrogens (tertiary/aromatic N) is 1. The van der Waals surface area contributed by atoms with Gasteiger partial charge in [-0.15, -0.1) is 0 Å². The number of hydrogen-bond acceptors (Lipinski definition) is 5. The number of nitrogens with one attached hydrogen (secondary N) is 2. The first-order valence-electron chi connectivity index (χ1n) is 8.89. The van der Waals surface area contributed by atoms with E-state index in [4.69, 9.17) is 16.3 Å². The Morgan fingerprint density at radius 2 is 1.65 bits per heavy atom. The van der Waals surface area contributed by atoms with E-state index in [2.05, 4.69) is 31.8 Å². The summed E-state index contributed by atoms with van der Waals surface area (Å²) in [5.74, 6) is -2.17. The van der Waals surface area contributed by atoms with Crippen molar-refractivity contribution in [3.05, 3.63) is 93.4 Å². The van der Waals surface area contributed by atoms with Crippen LogP contribution in [0.4, 0.5) is 5.69 Å². The molecule has 9 heteroatoms. The van der Waals surface area contributed by atoms with Gasteiger partial charge < -0.3 is 10.1 Å². The van der Waals surface area contributed by atoms with Crippen LogP contribution in [0.5, 0.6) is 5.75 Å². The molecule has 3 aromatic carbocycles. The van der Waals surface area contributed by atoms with E-state index in [0.29, 0.717) is 26.3 Å². The van der Waals surface area contributed by atoms with E-state index in [1.54, 1.807) is 72.8 Å². The summed E-state index contributed by atoms with van der Waals surface area (Å²) in [5, 5.41) is 6.71. The van der Waals surface area contributed by atoms with Gasteiger partial charge in [-0.3, -0.25) is 9.59 Å². The molecule has 0 saturated heterocycles. The Labute approximate surface area is 191 Å². The zero-order chi connectivity index (χ0) is 22.2. The van der Waals surface area contributed by atoms with E-state index in [1.165, 1.54) is 6.21 Å². The van der Waals surface area contributed by atoms with Gasteiger partial charge in [-0.1, -0.05) is 45.7 Å². The summed E-state index contributed by atoms with van der Waals surface area (Å²) in [7, 11) is 0. The Morgan fingerprint density at radius 3 is 2.35 bits per heavy atom. The van der Waals surface area contributed by atoms with E-state index in [-0.39, 0.29) is 5.75 Å². The fraction of sp³-hybridized carbons (Fsp3) is 0. The molecule has 0 radical (unpaired) electrons. The topological polar surface area (TPSA) is 96.9 Å². The third kappa shape index (κ3) is 6.50. The molecular formula is C22H15BrClN3O4. The highest BCUT2D eigenvalue weighted by molar-refractivity contribution is 9.10. The molecule has 31 heavy (non-hydrogen) atoms. The van der Waals surface area contributed by atoms with Gasteiger partial charge in [-0.25, -0.2) is 10.2 Å². The minimum Gasteiger partial charge on any atom is -0.422 e. The van der Waals surface area contributed by atoms with Crippen LogP contribution in [-0.2, 0) is 9.59 Å². The van der Waals surface area contributed by atoms with Crippen molar-refractivity contribution in [3.8, 4) is 5.75 Å². The van der Waals surface area contributed by atoms with Crippen molar-refractivity contribution < 1.29 is 19.1 Å². The molecule has 3 rings (SSSR count). The second-order valence-corrected chi connectivity index (χ2v) is 7.45. The van der Waals surface area contributed by atoms with Crippen LogP contribution >= 0.6 is 27.5 Å². The van der Waals surface area contributed by atoms with Crippen LogP contribution in [0.25, 0.3) is 0 Å². The van der Waals surface area contributed by atoms with Gasteiger partial charge in [0.2, 0.25) is 0 Å². The number of carbonyl (C=O) groups excluding carboxylic acids is 3. The van der Waals surface area contributed by atoms with E-state index < -0.39 is 17.8 Å². The van der Waals surface area contributed by atoms with Crippen LogP contribution in [0.1, 0.15) is 15.9 Å². The van der Waals surface area contributed by atoms with Gasteiger partial charge in [0.15, 0.2) is 0 Å². The van der Waals surface area contributed by atoms with Crippen molar-refractivity contribution in [2.45, 2.75) is 0 Å². The zero-order valence-electron chi connectivity index (χ0n) is 15.8. The Bertz CT molecular complexity index is 1140. The average Bonchev–Trinajstić information content (AvgIpc) is 2.77. The Kier molecular flexibility index (Phi) is 7.53. The summed E-state index contributed by atoms with van der Waals surface area (Å²) >= 11 is 9.11. The maximum atomic E-state index is 12.3. The molecule has 0 atom stereocenters. The number of hydrogen-bond donors (Lipinski definition) is 2. The van der Waals surface area contributed by atoms with Crippen molar-refractivity contribution >= 4 is 57.2 Å². The summed E-state index contributed by atoms with van der Waals surface area (Å²) in [6.45, 7) is 0. The average molecular weight is 501 g/mol. The summed E-state index contributed by atoms with van der Waals surface area (Å²) in [6.07, 6.45) is 1.27. The fourth-order valence-electron chi connectivity index (χ4n) is 2.38. The third-order valence-corrected chi connectivity index (χ3v) is 4.61. The molecule has 2 amide bonds. The maximum Gasteiger partial charge on any atom is 0.343 e. The van der Waals surface area contributed by atoms with Crippen LogP contribution in [0.15, 0.2) is 82.4 Å². The first kappa shape index (κ1) is 22.2. The molecule has 0 aliphatic carbocycles. The largest absolute Gasteiger partial charge is 0.422 e. The van der Waals surface area contributed by atoms with E-state index >= 15 is 0 Å². The van der Waals surface area contributed by atoms with Crippen molar-refractivity contribution in [1.29, 1.82) is 0 Å². The molecule has 0 unspecified atom stereocenters. The predicted octanol–water partition coefficient (Wildman–Crippen LogP) is 4.41. The summed E-state index contributed by atoms with van der Waals surface area (Å²) < 4.78 is 6.13. The van der Waals surface area contributed by atoms with Crippen LogP contribution in [-0.4, -0.2) is 24.0 Å².